The van der Waals surface area contributed by atoms with E-state index >= 15 is 0 Å². The summed E-state index contributed by atoms with van der Waals surface area (Å²) >= 11 is 7.76. The Bertz CT molecular complexity index is 520. The summed E-state index contributed by atoms with van der Waals surface area (Å²) in [5, 5.41) is 0. The van der Waals surface area contributed by atoms with Gasteiger partial charge in [0.1, 0.15) is 5.75 Å². The molecule has 0 aliphatic heterocycles. The Kier molecular flexibility index (Phi) is 4.73. The van der Waals surface area contributed by atoms with Crippen molar-refractivity contribution in [1.82, 2.24) is 0 Å². The molecule has 0 aliphatic carbocycles. The lowest BCUT2D eigenvalue weighted by atomic mass is 10.2. The van der Waals surface area contributed by atoms with E-state index in [4.69, 9.17) is 16.3 Å². The highest BCUT2D eigenvalue weighted by Gasteiger charge is 1.98. The average molecular weight is 277 g/mol. The SMILES string of the molecule is COc1ccc(C=C(Cl)Sc2ccccc2)cc1. The molecule has 18 heavy (non-hydrogen) atoms. The molecule has 0 heterocycles. The van der Waals surface area contributed by atoms with Gasteiger partial charge < -0.3 is 4.74 Å². The molecule has 0 aliphatic rings. The zero-order valence-electron chi connectivity index (χ0n) is 9.97. The van der Waals surface area contributed by atoms with Gasteiger partial charge in [0.2, 0.25) is 0 Å². The maximum Gasteiger partial charge on any atom is 0.118 e. The Labute approximate surface area is 116 Å². The second-order valence-electron chi connectivity index (χ2n) is 3.64. The van der Waals surface area contributed by atoms with E-state index in [1.165, 1.54) is 0 Å². The van der Waals surface area contributed by atoms with Gasteiger partial charge in [-0.1, -0.05) is 53.7 Å². The van der Waals surface area contributed by atoms with Crippen LogP contribution in [0.3, 0.4) is 0 Å². The first-order valence-electron chi connectivity index (χ1n) is 5.52. The van der Waals surface area contributed by atoms with Gasteiger partial charge >= 0.3 is 0 Å². The molecule has 1 nitrogen and oxygen atoms in total. The Balaban J connectivity index is 2.07. The average Bonchev–Trinajstić information content (AvgIpc) is 2.40. The number of methoxy groups -OCH3 is 1. The van der Waals surface area contributed by atoms with Crippen molar-refractivity contribution in [3.63, 3.8) is 0 Å². The molecule has 0 saturated carbocycles. The molecule has 0 radical (unpaired) electrons. The number of rotatable bonds is 4. The first-order valence-corrected chi connectivity index (χ1v) is 6.71. The van der Waals surface area contributed by atoms with Crippen LogP contribution in [0.15, 0.2) is 63.9 Å². The van der Waals surface area contributed by atoms with Crippen LogP contribution in [0.2, 0.25) is 0 Å². The van der Waals surface area contributed by atoms with E-state index in [0.29, 0.717) is 0 Å². The second-order valence-corrected chi connectivity index (χ2v) is 5.38. The lowest BCUT2D eigenvalue weighted by Crippen LogP contribution is -1.81. The van der Waals surface area contributed by atoms with Crippen molar-refractivity contribution in [1.29, 1.82) is 0 Å². The summed E-state index contributed by atoms with van der Waals surface area (Å²) in [7, 11) is 1.66. The van der Waals surface area contributed by atoms with Gasteiger partial charge in [-0.2, -0.15) is 0 Å². The summed E-state index contributed by atoms with van der Waals surface area (Å²) in [4.78, 5) is 1.13. The lowest BCUT2D eigenvalue weighted by molar-refractivity contribution is 0.415. The van der Waals surface area contributed by atoms with Crippen molar-refractivity contribution in [2.45, 2.75) is 4.90 Å². The molecule has 0 fully saturated rings. The van der Waals surface area contributed by atoms with Gasteiger partial charge in [0.05, 0.1) is 11.5 Å². The van der Waals surface area contributed by atoms with E-state index < -0.39 is 0 Å². The Hall–Kier alpha value is -1.38. The van der Waals surface area contributed by atoms with Gasteiger partial charge in [-0.05, 0) is 35.9 Å². The molecule has 2 aromatic carbocycles. The van der Waals surface area contributed by atoms with E-state index in [9.17, 15) is 0 Å². The molecule has 0 atom stereocenters. The smallest absolute Gasteiger partial charge is 0.118 e. The molecule has 0 aromatic heterocycles. The Morgan fingerprint density at radius 3 is 2.33 bits per heavy atom. The van der Waals surface area contributed by atoms with E-state index in [2.05, 4.69) is 0 Å². The topological polar surface area (TPSA) is 9.23 Å². The quantitative estimate of drug-likeness (QED) is 0.725. The highest BCUT2D eigenvalue weighted by Crippen LogP contribution is 2.30. The number of halogens is 1. The van der Waals surface area contributed by atoms with Gasteiger partial charge in [-0.3, -0.25) is 0 Å². The maximum absolute atomic E-state index is 6.22. The third-order valence-corrected chi connectivity index (χ3v) is 3.52. The molecule has 0 unspecified atom stereocenters. The largest absolute Gasteiger partial charge is 0.497 e. The first-order chi connectivity index (χ1) is 8.78. The van der Waals surface area contributed by atoms with Gasteiger partial charge in [-0.25, -0.2) is 0 Å². The van der Waals surface area contributed by atoms with Crippen LogP contribution in [0.4, 0.5) is 0 Å². The Morgan fingerprint density at radius 2 is 1.72 bits per heavy atom. The minimum absolute atomic E-state index is 0.742. The molecule has 2 aromatic rings. The maximum atomic E-state index is 6.22. The van der Waals surface area contributed by atoms with Crippen LogP contribution >= 0.6 is 23.4 Å². The van der Waals surface area contributed by atoms with Crippen LogP contribution in [-0.2, 0) is 0 Å². The van der Waals surface area contributed by atoms with Crippen molar-refractivity contribution in [3.05, 3.63) is 64.5 Å². The molecular weight excluding hydrogens is 264 g/mol. The predicted octanol–water partition coefficient (Wildman–Crippen LogP) is 5.02. The zero-order valence-corrected chi connectivity index (χ0v) is 11.5. The molecule has 92 valence electrons. The second kappa shape index (κ2) is 6.53. The molecule has 2 rings (SSSR count). The summed E-state index contributed by atoms with van der Waals surface area (Å²) in [5.74, 6) is 0.846. The van der Waals surface area contributed by atoms with Gasteiger partial charge in [-0.15, -0.1) is 0 Å². The van der Waals surface area contributed by atoms with Crippen molar-refractivity contribution < 1.29 is 4.74 Å². The van der Waals surface area contributed by atoms with E-state index in [0.717, 1.165) is 20.6 Å². The number of ether oxygens (including phenoxy) is 1. The third kappa shape index (κ3) is 3.83. The van der Waals surface area contributed by atoms with Crippen LogP contribution in [0.5, 0.6) is 5.75 Å². The molecule has 3 heteroatoms. The highest BCUT2D eigenvalue weighted by molar-refractivity contribution is 8.04. The summed E-state index contributed by atoms with van der Waals surface area (Å²) in [6.45, 7) is 0. The lowest BCUT2D eigenvalue weighted by Gasteiger charge is -2.01. The number of thioether (sulfide) groups is 1. The standard InChI is InChI=1S/C15H13ClOS/c1-17-13-9-7-12(8-10-13)11-15(16)18-14-5-3-2-4-6-14/h2-11H,1H3. The van der Waals surface area contributed by atoms with Crippen molar-refractivity contribution in [2.24, 2.45) is 0 Å². The number of hydrogen-bond acceptors (Lipinski definition) is 2. The number of hydrogen-bond donors (Lipinski definition) is 0. The first kappa shape index (κ1) is 13.1. The summed E-state index contributed by atoms with van der Waals surface area (Å²) in [6, 6.07) is 17.9. The van der Waals surface area contributed by atoms with Crippen molar-refractivity contribution >= 4 is 29.4 Å². The monoisotopic (exact) mass is 276 g/mol. The van der Waals surface area contributed by atoms with Gasteiger partial charge in [0.15, 0.2) is 0 Å². The van der Waals surface area contributed by atoms with E-state index in [1.807, 2.05) is 60.7 Å². The molecule has 0 amide bonds. The minimum Gasteiger partial charge on any atom is -0.497 e. The fourth-order valence-corrected chi connectivity index (χ4v) is 2.57. The Morgan fingerprint density at radius 1 is 1.06 bits per heavy atom. The molecular formula is C15H13ClOS. The molecule has 0 spiro atoms. The third-order valence-electron chi connectivity index (χ3n) is 2.35. The van der Waals surface area contributed by atoms with E-state index in [1.54, 1.807) is 18.9 Å². The zero-order chi connectivity index (χ0) is 12.8. The van der Waals surface area contributed by atoms with Crippen LogP contribution in [-0.4, -0.2) is 7.11 Å². The van der Waals surface area contributed by atoms with Gasteiger partial charge in [0.25, 0.3) is 0 Å². The number of benzene rings is 2. The fraction of sp³-hybridized carbons (Fsp3) is 0.0667. The predicted molar refractivity (Wildman–Crippen MR) is 79.1 cm³/mol. The van der Waals surface area contributed by atoms with Crippen molar-refractivity contribution in [3.8, 4) is 5.75 Å². The van der Waals surface area contributed by atoms with Crippen LogP contribution < -0.4 is 4.74 Å². The van der Waals surface area contributed by atoms with Gasteiger partial charge in [0, 0.05) is 4.90 Å². The van der Waals surface area contributed by atoms with E-state index in [-0.39, 0.29) is 0 Å². The molecule has 0 N–H and O–H groups in total. The summed E-state index contributed by atoms with van der Waals surface area (Å²) < 4.78 is 5.85. The minimum atomic E-state index is 0.742. The normalized spacial score (nSPS) is 11.3. The van der Waals surface area contributed by atoms with Crippen LogP contribution in [0.1, 0.15) is 5.56 Å². The molecule has 0 saturated heterocycles. The van der Waals surface area contributed by atoms with Crippen molar-refractivity contribution in [2.75, 3.05) is 7.11 Å². The fourth-order valence-electron chi connectivity index (χ4n) is 1.46. The highest BCUT2D eigenvalue weighted by atomic mass is 35.5. The van der Waals surface area contributed by atoms with Crippen LogP contribution in [0, 0.1) is 0 Å². The molecule has 0 bridgehead atoms. The summed E-state index contributed by atoms with van der Waals surface area (Å²) in [5.41, 5.74) is 1.06. The summed E-state index contributed by atoms with van der Waals surface area (Å²) in [6.07, 6.45) is 1.94. The van der Waals surface area contributed by atoms with Crippen LogP contribution in [0.25, 0.3) is 6.08 Å².